The number of nitrogens with one attached hydrogen (secondary N) is 1. The van der Waals surface area contributed by atoms with Gasteiger partial charge in [-0.15, -0.1) is 11.3 Å². The summed E-state index contributed by atoms with van der Waals surface area (Å²) in [5, 5.41) is 4.53. The topological polar surface area (TPSA) is 37.8 Å². The Morgan fingerprint density at radius 1 is 1.25 bits per heavy atom. The van der Waals surface area contributed by atoms with Crippen molar-refractivity contribution < 1.29 is 0 Å². The summed E-state index contributed by atoms with van der Waals surface area (Å²) in [6.07, 6.45) is 6.67. The number of aryl methyl sites for hydroxylation is 1. The predicted molar refractivity (Wildman–Crippen MR) is 66.3 cm³/mol. The van der Waals surface area contributed by atoms with Crippen LogP contribution in [0.2, 0.25) is 0 Å². The Labute approximate surface area is 99.6 Å². The van der Waals surface area contributed by atoms with Gasteiger partial charge in [0.15, 0.2) is 0 Å². The van der Waals surface area contributed by atoms with Crippen LogP contribution in [0.5, 0.6) is 0 Å². The largest absolute Gasteiger partial charge is 0.306 e. The monoisotopic (exact) mass is 233 g/mol. The molecular weight excluding hydrogens is 218 g/mol. The quantitative estimate of drug-likeness (QED) is 0.861. The molecule has 0 aliphatic carbocycles. The van der Waals surface area contributed by atoms with Crippen LogP contribution >= 0.6 is 11.3 Å². The smallest absolute Gasteiger partial charge is 0.107 e. The average molecular weight is 233 g/mol. The Hall–Kier alpha value is -1.26. The highest BCUT2D eigenvalue weighted by molar-refractivity contribution is 7.11. The van der Waals surface area contributed by atoms with Crippen molar-refractivity contribution in [1.29, 1.82) is 0 Å². The summed E-state index contributed by atoms with van der Waals surface area (Å²) in [7, 11) is 0. The van der Waals surface area contributed by atoms with Crippen molar-refractivity contribution in [2.75, 3.05) is 0 Å². The second kappa shape index (κ2) is 5.72. The van der Waals surface area contributed by atoms with Gasteiger partial charge in [-0.2, -0.15) is 0 Å². The number of nitrogens with zero attached hydrogens (tertiary/aromatic N) is 2. The van der Waals surface area contributed by atoms with Crippen molar-refractivity contribution >= 4 is 11.3 Å². The molecule has 2 aromatic heterocycles. The highest BCUT2D eigenvalue weighted by Crippen LogP contribution is 2.12. The number of rotatable bonds is 5. The lowest BCUT2D eigenvalue weighted by atomic mass is 10.3. The summed E-state index contributed by atoms with van der Waals surface area (Å²) in [5.41, 5.74) is 1.25. The summed E-state index contributed by atoms with van der Waals surface area (Å²) in [5.74, 6) is 0. The summed E-state index contributed by atoms with van der Waals surface area (Å²) in [6, 6.07) is 4.04. The summed E-state index contributed by atoms with van der Waals surface area (Å²) < 4.78 is 0. The molecule has 0 fully saturated rings. The molecule has 84 valence electrons. The number of thiazole rings is 1. The van der Waals surface area contributed by atoms with E-state index in [1.165, 1.54) is 10.4 Å². The van der Waals surface area contributed by atoms with E-state index < -0.39 is 0 Å². The molecule has 0 aliphatic rings. The first kappa shape index (κ1) is 11.2. The molecule has 0 radical (unpaired) electrons. The van der Waals surface area contributed by atoms with Crippen LogP contribution < -0.4 is 5.32 Å². The van der Waals surface area contributed by atoms with Gasteiger partial charge < -0.3 is 5.32 Å². The van der Waals surface area contributed by atoms with E-state index in [1.54, 1.807) is 11.3 Å². The molecule has 0 saturated heterocycles. The van der Waals surface area contributed by atoms with Crippen LogP contribution in [-0.4, -0.2) is 9.97 Å². The fraction of sp³-hybridized carbons (Fsp3) is 0.333. The van der Waals surface area contributed by atoms with Gasteiger partial charge in [-0.25, -0.2) is 4.98 Å². The van der Waals surface area contributed by atoms with E-state index in [2.05, 4.69) is 22.2 Å². The predicted octanol–water partition coefficient (Wildman–Crippen LogP) is 2.39. The maximum Gasteiger partial charge on any atom is 0.107 e. The zero-order valence-electron chi connectivity index (χ0n) is 9.31. The Morgan fingerprint density at radius 2 is 2.06 bits per heavy atom. The van der Waals surface area contributed by atoms with E-state index >= 15 is 0 Å². The number of aromatic nitrogens is 2. The lowest BCUT2D eigenvalue weighted by Gasteiger charge is -2.01. The normalized spacial score (nSPS) is 10.6. The minimum absolute atomic E-state index is 0.840. The van der Waals surface area contributed by atoms with Gasteiger partial charge >= 0.3 is 0 Å². The zero-order valence-corrected chi connectivity index (χ0v) is 10.1. The lowest BCUT2D eigenvalue weighted by Crippen LogP contribution is -2.12. The second-order valence-electron chi connectivity index (χ2n) is 3.53. The van der Waals surface area contributed by atoms with Gasteiger partial charge in [-0.1, -0.05) is 6.92 Å². The molecule has 3 nitrogen and oxygen atoms in total. The summed E-state index contributed by atoms with van der Waals surface area (Å²) in [6.45, 7) is 3.86. The van der Waals surface area contributed by atoms with Crippen LogP contribution in [0.4, 0.5) is 0 Å². The van der Waals surface area contributed by atoms with Gasteiger partial charge in [0.25, 0.3) is 0 Å². The summed E-state index contributed by atoms with van der Waals surface area (Å²) in [4.78, 5) is 9.70. The third-order valence-electron chi connectivity index (χ3n) is 2.30. The average Bonchev–Trinajstić information content (AvgIpc) is 2.78. The van der Waals surface area contributed by atoms with E-state index in [1.807, 2.05) is 30.7 Å². The van der Waals surface area contributed by atoms with Crippen LogP contribution in [0.25, 0.3) is 0 Å². The first-order valence-electron chi connectivity index (χ1n) is 5.41. The van der Waals surface area contributed by atoms with E-state index in [0.717, 1.165) is 24.5 Å². The maximum absolute atomic E-state index is 4.36. The third kappa shape index (κ3) is 3.12. The molecule has 2 aromatic rings. The third-order valence-corrected chi connectivity index (χ3v) is 3.45. The minimum atomic E-state index is 0.840. The molecule has 0 bridgehead atoms. The van der Waals surface area contributed by atoms with Crippen molar-refractivity contribution in [3.8, 4) is 0 Å². The molecule has 0 aliphatic heterocycles. The van der Waals surface area contributed by atoms with Gasteiger partial charge in [0.05, 0.1) is 0 Å². The molecule has 2 heterocycles. The van der Waals surface area contributed by atoms with Crippen LogP contribution in [-0.2, 0) is 19.5 Å². The standard InChI is InChI=1S/C12H15N3S/c1-2-11-8-15-12(16-11)9-14-7-10-3-5-13-6-4-10/h3-6,8,14H,2,7,9H2,1H3. The first-order chi connectivity index (χ1) is 7.88. The van der Waals surface area contributed by atoms with Crippen LogP contribution in [0.15, 0.2) is 30.7 Å². The van der Waals surface area contributed by atoms with E-state index in [4.69, 9.17) is 0 Å². The number of pyridine rings is 1. The van der Waals surface area contributed by atoms with E-state index in [9.17, 15) is 0 Å². The molecule has 0 saturated carbocycles. The number of hydrogen-bond acceptors (Lipinski definition) is 4. The molecule has 1 N–H and O–H groups in total. The maximum atomic E-state index is 4.36. The fourth-order valence-electron chi connectivity index (χ4n) is 1.41. The SMILES string of the molecule is CCc1cnc(CNCc2ccncc2)s1. The van der Waals surface area contributed by atoms with Crippen molar-refractivity contribution in [2.24, 2.45) is 0 Å². The molecule has 0 atom stereocenters. The van der Waals surface area contributed by atoms with Gasteiger partial charge in [-0.3, -0.25) is 4.98 Å². The van der Waals surface area contributed by atoms with Crippen molar-refractivity contribution in [3.63, 3.8) is 0 Å². The minimum Gasteiger partial charge on any atom is -0.306 e. The van der Waals surface area contributed by atoms with Crippen LogP contribution in [0.1, 0.15) is 22.4 Å². The molecule has 0 spiro atoms. The first-order valence-corrected chi connectivity index (χ1v) is 6.23. The number of hydrogen-bond donors (Lipinski definition) is 1. The van der Waals surface area contributed by atoms with Crippen molar-refractivity contribution in [3.05, 3.63) is 46.2 Å². The Bertz CT molecular complexity index is 425. The molecule has 2 rings (SSSR count). The molecule has 0 unspecified atom stereocenters. The van der Waals surface area contributed by atoms with Gasteiger partial charge in [-0.05, 0) is 24.1 Å². The highest BCUT2D eigenvalue weighted by atomic mass is 32.1. The van der Waals surface area contributed by atoms with E-state index in [0.29, 0.717) is 0 Å². The Balaban J connectivity index is 1.80. The lowest BCUT2D eigenvalue weighted by molar-refractivity contribution is 0.689. The second-order valence-corrected chi connectivity index (χ2v) is 4.73. The zero-order chi connectivity index (χ0) is 11.2. The molecule has 16 heavy (non-hydrogen) atoms. The van der Waals surface area contributed by atoms with Gasteiger partial charge in [0, 0.05) is 36.6 Å². The molecule has 4 heteroatoms. The highest BCUT2D eigenvalue weighted by Gasteiger charge is 1.99. The van der Waals surface area contributed by atoms with Crippen molar-refractivity contribution in [2.45, 2.75) is 26.4 Å². The summed E-state index contributed by atoms with van der Waals surface area (Å²) >= 11 is 1.78. The van der Waals surface area contributed by atoms with Crippen molar-refractivity contribution in [1.82, 2.24) is 15.3 Å². The van der Waals surface area contributed by atoms with E-state index in [-0.39, 0.29) is 0 Å². The Kier molecular flexibility index (Phi) is 4.02. The van der Waals surface area contributed by atoms with Crippen LogP contribution in [0, 0.1) is 0 Å². The fourth-order valence-corrected chi connectivity index (χ4v) is 2.24. The Morgan fingerprint density at radius 3 is 2.75 bits per heavy atom. The van der Waals surface area contributed by atoms with Gasteiger partial charge in [0.2, 0.25) is 0 Å². The molecular formula is C12H15N3S. The van der Waals surface area contributed by atoms with Crippen LogP contribution in [0.3, 0.4) is 0 Å². The molecule has 0 aromatic carbocycles. The van der Waals surface area contributed by atoms with Gasteiger partial charge in [0.1, 0.15) is 5.01 Å². The molecule has 0 amide bonds.